The highest BCUT2D eigenvalue weighted by molar-refractivity contribution is 6.00. The zero-order valence-corrected chi connectivity index (χ0v) is 14.4. The van der Waals surface area contributed by atoms with Gasteiger partial charge < -0.3 is 9.40 Å². The highest BCUT2D eigenvalue weighted by atomic mass is 16.6. The van der Waals surface area contributed by atoms with Crippen LogP contribution in [0.3, 0.4) is 0 Å². The minimum absolute atomic E-state index is 0.265. The Kier molecular flexibility index (Phi) is 4.83. The summed E-state index contributed by atoms with van der Waals surface area (Å²) in [7, 11) is 0. The summed E-state index contributed by atoms with van der Waals surface area (Å²) in [4.78, 5) is 9.93. The molecule has 2 aromatic rings. The summed E-state index contributed by atoms with van der Waals surface area (Å²) in [5, 5.41) is 4.50. The Labute approximate surface area is 148 Å². The fourth-order valence-corrected chi connectivity index (χ4v) is 3.02. The van der Waals surface area contributed by atoms with Crippen LogP contribution in [-0.2, 0) is 11.4 Å². The van der Waals surface area contributed by atoms with Crippen molar-refractivity contribution in [1.29, 1.82) is 0 Å². The second kappa shape index (κ2) is 7.57. The summed E-state index contributed by atoms with van der Waals surface area (Å²) in [5.41, 5.74) is 3.06. The molecular formula is C21H23N3O. The summed E-state index contributed by atoms with van der Waals surface area (Å²) < 4.78 is 2.01. The standard InChI is InChI=1S/C21H23N3O/c1-2-4-20(3-1)25-23-21(15-24-14-13-22-16-24)19-11-9-18(10-12-19)8-7-17-5-6-17/h9-14,16-17,20H,1-6,15H2. The summed E-state index contributed by atoms with van der Waals surface area (Å²) in [6.45, 7) is 0.653. The van der Waals surface area contributed by atoms with Crippen LogP contribution in [0, 0.1) is 17.8 Å². The van der Waals surface area contributed by atoms with Crippen LogP contribution in [0.25, 0.3) is 0 Å². The molecule has 0 N–H and O–H groups in total. The molecule has 2 fully saturated rings. The van der Waals surface area contributed by atoms with Crippen molar-refractivity contribution >= 4 is 5.71 Å². The van der Waals surface area contributed by atoms with Crippen LogP contribution in [-0.4, -0.2) is 21.4 Å². The molecule has 4 nitrogen and oxygen atoms in total. The van der Waals surface area contributed by atoms with Gasteiger partial charge >= 0.3 is 0 Å². The van der Waals surface area contributed by atoms with E-state index in [0.29, 0.717) is 12.5 Å². The highest BCUT2D eigenvalue weighted by Gasteiger charge is 2.18. The van der Waals surface area contributed by atoms with E-state index in [2.05, 4.69) is 46.2 Å². The predicted molar refractivity (Wildman–Crippen MR) is 98.1 cm³/mol. The third-order valence-corrected chi connectivity index (χ3v) is 4.72. The highest BCUT2D eigenvalue weighted by Crippen LogP contribution is 2.27. The normalized spacial score (nSPS) is 18.0. The molecule has 0 radical (unpaired) electrons. The SMILES string of the molecule is C(#CC1CC1)c1ccc(C(Cn2ccnc2)=NOC2CCCC2)cc1. The van der Waals surface area contributed by atoms with Crippen LogP contribution in [0.1, 0.15) is 49.7 Å². The fraction of sp³-hybridized carbons (Fsp3) is 0.429. The molecule has 0 atom stereocenters. The third-order valence-electron chi connectivity index (χ3n) is 4.72. The quantitative estimate of drug-likeness (QED) is 0.471. The van der Waals surface area contributed by atoms with Crippen LogP contribution >= 0.6 is 0 Å². The average molecular weight is 333 g/mol. The monoisotopic (exact) mass is 333 g/mol. The Hall–Kier alpha value is -2.54. The van der Waals surface area contributed by atoms with Crippen molar-refractivity contribution < 1.29 is 4.84 Å². The van der Waals surface area contributed by atoms with E-state index in [0.717, 1.165) is 29.7 Å². The Balaban J connectivity index is 1.51. The summed E-state index contributed by atoms with van der Waals surface area (Å²) in [6.07, 6.45) is 13.0. The van der Waals surface area contributed by atoms with Crippen LogP contribution < -0.4 is 0 Å². The van der Waals surface area contributed by atoms with Crippen molar-refractivity contribution in [2.45, 2.75) is 51.2 Å². The second-order valence-electron chi connectivity index (χ2n) is 6.91. The molecule has 2 aliphatic carbocycles. The van der Waals surface area contributed by atoms with Gasteiger partial charge in [-0.2, -0.15) is 0 Å². The summed E-state index contributed by atoms with van der Waals surface area (Å²) in [5.74, 6) is 7.18. The lowest BCUT2D eigenvalue weighted by atomic mass is 10.1. The Morgan fingerprint density at radius 3 is 2.64 bits per heavy atom. The molecule has 4 heteroatoms. The van der Waals surface area contributed by atoms with Gasteiger partial charge in [-0.25, -0.2) is 4.98 Å². The number of aromatic nitrogens is 2. The first-order chi connectivity index (χ1) is 12.4. The molecule has 4 rings (SSSR count). The molecule has 25 heavy (non-hydrogen) atoms. The van der Waals surface area contributed by atoms with Crippen molar-refractivity contribution in [2.75, 3.05) is 0 Å². The van der Waals surface area contributed by atoms with Gasteiger partial charge in [-0.15, -0.1) is 0 Å². The first-order valence-corrected chi connectivity index (χ1v) is 9.17. The molecule has 1 aromatic heterocycles. The van der Waals surface area contributed by atoms with Gasteiger partial charge in [-0.05, 0) is 50.7 Å². The van der Waals surface area contributed by atoms with E-state index in [1.807, 2.05) is 10.8 Å². The van der Waals surface area contributed by atoms with Gasteiger partial charge in [0.15, 0.2) is 0 Å². The molecular weight excluding hydrogens is 310 g/mol. The number of rotatable bonds is 5. The molecule has 2 aliphatic rings. The molecule has 0 saturated heterocycles. The smallest absolute Gasteiger partial charge is 0.127 e. The molecule has 0 amide bonds. The van der Waals surface area contributed by atoms with Crippen LogP contribution in [0.2, 0.25) is 0 Å². The first kappa shape index (κ1) is 16.0. The van der Waals surface area contributed by atoms with E-state index in [-0.39, 0.29) is 6.10 Å². The maximum absolute atomic E-state index is 5.81. The van der Waals surface area contributed by atoms with Gasteiger partial charge in [0.2, 0.25) is 0 Å². The van der Waals surface area contributed by atoms with E-state index in [9.17, 15) is 0 Å². The molecule has 0 spiro atoms. The third kappa shape index (κ3) is 4.51. The van der Waals surface area contributed by atoms with Gasteiger partial charge in [0, 0.05) is 29.4 Å². The van der Waals surface area contributed by atoms with E-state index in [1.54, 1.807) is 12.5 Å². The number of benzene rings is 1. The second-order valence-corrected chi connectivity index (χ2v) is 6.91. The Morgan fingerprint density at radius 1 is 1.16 bits per heavy atom. The van der Waals surface area contributed by atoms with Crippen molar-refractivity contribution in [1.82, 2.24) is 9.55 Å². The molecule has 0 bridgehead atoms. The largest absolute Gasteiger partial charge is 0.392 e. The summed E-state index contributed by atoms with van der Waals surface area (Å²) in [6, 6.07) is 8.32. The lowest BCUT2D eigenvalue weighted by Gasteiger charge is -2.11. The number of hydrogen-bond donors (Lipinski definition) is 0. The van der Waals surface area contributed by atoms with E-state index in [1.165, 1.54) is 25.7 Å². The van der Waals surface area contributed by atoms with Gasteiger partial charge in [0.1, 0.15) is 11.8 Å². The number of hydrogen-bond acceptors (Lipinski definition) is 3. The number of nitrogens with zero attached hydrogens (tertiary/aromatic N) is 3. The van der Waals surface area contributed by atoms with E-state index < -0.39 is 0 Å². The van der Waals surface area contributed by atoms with Gasteiger partial charge in [0.05, 0.1) is 12.9 Å². The van der Waals surface area contributed by atoms with Gasteiger partial charge in [-0.1, -0.05) is 29.1 Å². The zero-order valence-electron chi connectivity index (χ0n) is 14.4. The fourth-order valence-electron chi connectivity index (χ4n) is 3.02. The van der Waals surface area contributed by atoms with E-state index >= 15 is 0 Å². The zero-order chi connectivity index (χ0) is 16.9. The van der Waals surface area contributed by atoms with Crippen LogP contribution in [0.4, 0.5) is 0 Å². The first-order valence-electron chi connectivity index (χ1n) is 9.17. The van der Waals surface area contributed by atoms with Crippen LogP contribution in [0.5, 0.6) is 0 Å². The number of oxime groups is 1. The predicted octanol–water partition coefficient (Wildman–Crippen LogP) is 4.01. The molecule has 2 saturated carbocycles. The maximum atomic E-state index is 5.81. The topological polar surface area (TPSA) is 39.4 Å². The van der Waals surface area contributed by atoms with Gasteiger partial charge in [0.25, 0.3) is 0 Å². The average Bonchev–Trinajstić information content (AvgIpc) is 3.10. The van der Waals surface area contributed by atoms with Crippen LogP contribution in [0.15, 0.2) is 48.1 Å². The number of imidazole rings is 1. The molecule has 1 heterocycles. The van der Waals surface area contributed by atoms with Crippen molar-refractivity contribution in [2.24, 2.45) is 11.1 Å². The van der Waals surface area contributed by atoms with Gasteiger partial charge in [-0.3, -0.25) is 0 Å². The van der Waals surface area contributed by atoms with E-state index in [4.69, 9.17) is 4.84 Å². The van der Waals surface area contributed by atoms with Crippen molar-refractivity contribution in [3.05, 3.63) is 54.1 Å². The Bertz CT molecular complexity index is 771. The Morgan fingerprint density at radius 2 is 1.96 bits per heavy atom. The molecule has 128 valence electrons. The van der Waals surface area contributed by atoms with Crippen molar-refractivity contribution in [3.8, 4) is 11.8 Å². The minimum atomic E-state index is 0.265. The lowest BCUT2D eigenvalue weighted by molar-refractivity contribution is 0.0640. The maximum Gasteiger partial charge on any atom is 0.127 e. The van der Waals surface area contributed by atoms with Crippen molar-refractivity contribution in [3.63, 3.8) is 0 Å². The molecule has 0 aliphatic heterocycles. The minimum Gasteiger partial charge on any atom is -0.392 e. The summed E-state index contributed by atoms with van der Waals surface area (Å²) >= 11 is 0. The molecule has 0 unspecified atom stereocenters. The molecule has 1 aromatic carbocycles. The lowest BCUT2D eigenvalue weighted by Crippen LogP contribution is -2.13.